The van der Waals surface area contributed by atoms with Crippen LogP contribution < -0.4 is 16.0 Å². The molecular weight excluding hydrogens is 407 g/mol. The topological polar surface area (TPSA) is 74.8 Å². The molecular formula is C16H35IN4O2. The highest BCUT2D eigenvalue weighted by Gasteiger charge is 2.15. The van der Waals surface area contributed by atoms with E-state index in [1.165, 1.54) is 0 Å². The lowest BCUT2D eigenvalue weighted by Crippen LogP contribution is -2.47. The van der Waals surface area contributed by atoms with Crippen LogP contribution in [0.4, 0.5) is 4.79 Å². The van der Waals surface area contributed by atoms with Crippen molar-refractivity contribution in [2.24, 2.45) is 16.8 Å². The third kappa shape index (κ3) is 14.6. The van der Waals surface area contributed by atoms with E-state index in [-0.39, 0.29) is 36.1 Å². The van der Waals surface area contributed by atoms with Gasteiger partial charge in [0.1, 0.15) is 0 Å². The number of carbonyl (C=O) groups is 1. The predicted octanol–water partition coefficient (Wildman–Crippen LogP) is 2.98. The molecule has 1 unspecified atom stereocenters. The maximum atomic E-state index is 11.6. The van der Waals surface area contributed by atoms with Crippen molar-refractivity contribution < 1.29 is 9.53 Å². The van der Waals surface area contributed by atoms with E-state index in [9.17, 15) is 4.79 Å². The van der Waals surface area contributed by atoms with E-state index in [0.717, 1.165) is 25.5 Å². The molecule has 0 fully saturated rings. The summed E-state index contributed by atoms with van der Waals surface area (Å²) in [6.45, 7) is 15.0. The van der Waals surface area contributed by atoms with E-state index in [0.29, 0.717) is 25.0 Å². The minimum atomic E-state index is -0.362. The van der Waals surface area contributed by atoms with Crippen molar-refractivity contribution in [2.45, 2.75) is 54.0 Å². The Morgan fingerprint density at radius 1 is 1.09 bits per heavy atom. The number of amides is 1. The molecule has 0 aromatic heterocycles. The molecule has 1 amide bonds. The molecule has 1 atom stereocenters. The number of nitrogens with one attached hydrogen (secondary N) is 3. The molecule has 0 aliphatic heterocycles. The summed E-state index contributed by atoms with van der Waals surface area (Å²) >= 11 is 0. The number of hydrogen-bond acceptors (Lipinski definition) is 3. The number of nitrogens with zero attached hydrogens (tertiary/aromatic N) is 1. The molecule has 0 aromatic rings. The summed E-state index contributed by atoms with van der Waals surface area (Å²) in [4.78, 5) is 16.1. The van der Waals surface area contributed by atoms with E-state index >= 15 is 0 Å². The van der Waals surface area contributed by atoms with Gasteiger partial charge in [-0.2, -0.15) is 0 Å². The van der Waals surface area contributed by atoms with Crippen LogP contribution >= 0.6 is 24.0 Å². The molecule has 0 radical (unpaired) electrons. The molecule has 0 saturated carbocycles. The molecule has 138 valence electrons. The maximum absolute atomic E-state index is 11.6. The van der Waals surface area contributed by atoms with Crippen LogP contribution in [0.25, 0.3) is 0 Å². The quantitative estimate of drug-likeness (QED) is 0.292. The Morgan fingerprint density at radius 3 is 2.22 bits per heavy atom. The molecule has 0 saturated heterocycles. The Bertz CT molecular complexity index is 336. The summed E-state index contributed by atoms with van der Waals surface area (Å²) in [5.41, 5.74) is 0. The van der Waals surface area contributed by atoms with Crippen LogP contribution in [0.1, 0.15) is 48.0 Å². The normalized spacial score (nSPS) is 12.6. The fourth-order valence-electron chi connectivity index (χ4n) is 1.94. The molecule has 23 heavy (non-hydrogen) atoms. The lowest BCUT2D eigenvalue weighted by molar-refractivity contribution is 0.146. The fraction of sp³-hybridized carbons (Fsp3) is 0.875. The summed E-state index contributed by atoms with van der Waals surface area (Å²) < 4.78 is 4.96. The van der Waals surface area contributed by atoms with Crippen molar-refractivity contribution >= 4 is 36.0 Å². The molecule has 7 heteroatoms. The molecule has 0 aromatic carbocycles. The number of carbonyl (C=O) groups excluding carboxylic acids is 1. The maximum Gasteiger partial charge on any atom is 0.407 e. The zero-order chi connectivity index (χ0) is 17.0. The van der Waals surface area contributed by atoms with Gasteiger partial charge in [-0.25, -0.2) is 4.79 Å². The van der Waals surface area contributed by atoms with Gasteiger partial charge < -0.3 is 20.7 Å². The smallest absolute Gasteiger partial charge is 0.407 e. The van der Waals surface area contributed by atoms with E-state index in [4.69, 9.17) is 4.74 Å². The van der Waals surface area contributed by atoms with Crippen LogP contribution in [-0.2, 0) is 4.74 Å². The zero-order valence-electron chi connectivity index (χ0n) is 15.4. The molecule has 0 aliphatic carbocycles. The second kappa shape index (κ2) is 14.8. The van der Waals surface area contributed by atoms with Gasteiger partial charge in [0.15, 0.2) is 5.96 Å². The zero-order valence-corrected chi connectivity index (χ0v) is 17.8. The highest BCUT2D eigenvalue weighted by atomic mass is 127. The van der Waals surface area contributed by atoms with Gasteiger partial charge in [-0.15, -0.1) is 24.0 Å². The highest BCUT2D eigenvalue weighted by molar-refractivity contribution is 14.0. The van der Waals surface area contributed by atoms with Gasteiger partial charge in [0.2, 0.25) is 0 Å². The third-order valence-corrected chi connectivity index (χ3v) is 2.83. The molecule has 6 nitrogen and oxygen atoms in total. The van der Waals surface area contributed by atoms with Crippen LogP contribution in [0.5, 0.6) is 0 Å². The van der Waals surface area contributed by atoms with Gasteiger partial charge in [-0.3, -0.25) is 4.99 Å². The summed E-state index contributed by atoms with van der Waals surface area (Å²) in [5, 5.41) is 9.42. The average molecular weight is 442 g/mol. The van der Waals surface area contributed by atoms with Crippen LogP contribution in [0.2, 0.25) is 0 Å². The number of hydrogen-bond donors (Lipinski definition) is 3. The molecule has 3 N–H and O–H groups in total. The first-order chi connectivity index (χ1) is 10.4. The van der Waals surface area contributed by atoms with Gasteiger partial charge >= 0.3 is 6.09 Å². The Labute approximate surface area is 158 Å². The highest BCUT2D eigenvalue weighted by Crippen LogP contribution is 2.04. The minimum Gasteiger partial charge on any atom is -0.450 e. The Morgan fingerprint density at radius 2 is 1.74 bits per heavy atom. The second-order valence-corrected chi connectivity index (χ2v) is 6.19. The second-order valence-electron chi connectivity index (χ2n) is 6.19. The molecule has 0 heterocycles. The van der Waals surface area contributed by atoms with Crippen molar-refractivity contribution in [3.63, 3.8) is 0 Å². The van der Waals surface area contributed by atoms with Gasteiger partial charge in [-0.1, -0.05) is 27.7 Å². The first-order valence-electron chi connectivity index (χ1n) is 8.34. The van der Waals surface area contributed by atoms with Crippen molar-refractivity contribution in [2.75, 3.05) is 26.2 Å². The van der Waals surface area contributed by atoms with Crippen LogP contribution in [0.3, 0.4) is 0 Å². The number of guanidine groups is 1. The summed E-state index contributed by atoms with van der Waals surface area (Å²) in [7, 11) is 0. The third-order valence-electron chi connectivity index (χ3n) is 2.83. The molecule has 0 spiro atoms. The van der Waals surface area contributed by atoms with E-state index < -0.39 is 0 Å². The largest absolute Gasteiger partial charge is 0.450 e. The average Bonchev–Trinajstić information content (AvgIpc) is 2.41. The van der Waals surface area contributed by atoms with Crippen molar-refractivity contribution in [3.05, 3.63) is 0 Å². The van der Waals surface area contributed by atoms with Gasteiger partial charge in [0.05, 0.1) is 6.61 Å². The Hall–Kier alpha value is -0.730. The minimum absolute atomic E-state index is 0. The first-order valence-corrected chi connectivity index (χ1v) is 8.34. The summed E-state index contributed by atoms with van der Waals surface area (Å²) in [6, 6.07) is 0.0157. The predicted molar refractivity (Wildman–Crippen MR) is 108 cm³/mol. The van der Waals surface area contributed by atoms with Gasteiger partial charge in [0.25, 0.3) is 0 Å². The van der Waals surface area contributed by atoms with Crippen molar-refractivity contribution in [1.82, 2.24) is 16.0 Å². The monoisotopic (exact) mass is 442 g/mol. The lowest BCUT2D eigenvalue weighted by Gasteiger charge is -2.22. The summed E-state index contributed by atoms with van der Waals surface area (Å²) in [6.07, 6.45) is 0.522. The number of ether oxygens (including phenoxy) is 1. The number of aliphatic imine (C=N–C) groups is 1. The fourth-order valence-corrected chi connectivity index (χ4v) is 1.94. The standard InChI is InChI=1S/C16H34N4O2.HI/c1-7-17-15(18-10-13(5)6)19-11-14(9-12(3)4)20-16(21)22-8-2;/h12-14H,7-11H2,1-6H3,(H,20,21)(H2,17,18,19);1H. The lowest BCUT2D eigenvalue weighted by atomic mass is 10.0. The first kappa shape index (κ1) is 24.5. The van der Waals surface area contributed by atoms with Gasteiger partial charge in [0, 0.05) is 25.7 Å². The Kier molecular flexibility index (Phi) is 15.8. The number of rotatable bonds is 9. The van der Waals surface area contributed by atoms with E-state index in [1.54, 1.807) is 6.92 Å². The van der Waals surface area contributed by atoms with Crippen LogP contribution in [-0.4, -0.2) is 44.3 Å². The van der Waals surface area contributed by atoms with E-state index in [1.807, 2.05) is 6.92 Å². The molecule has 0 rings (SSSR count). The SMILES string of the molecule is CCNC(=NCC(C)C)NCC(CC(C)C)NC(=O)OCC.I. The van der Waals surface area contributed by atoms with Crippen molar-refractivity contribution in [3.8, 4) is 0 Å². The summed E-state index contributed by atoms with van der Waals surface area (Å²) in [5.74, 6) is 1.79. The Balaban J connectivity index is 0. The molecule has 0 bridgehead atoms. The van der Waals surface area contributed by atoms with Crippen LogP contribution in [0.15, 0.2) is 4.99 Å². The van der Waals surface area contributed by atoms with Crippen LogP contribution in [0, 0.1) is 11.8 Å². The van der Waals surface area contributed by atoms with Gasteiger partial charge in [-0.05, 0) is 32.1 Å². The van der Waals surface area contributed by atoms with Crippen molar-refractivity contribution in [1.29, 1.82) is 0 Å². The number of halogens is 1. The molecule has 0 aliphatic rings. The number of alkyl carbamates (subject to hydrolysis) is 1. The van der Waals surface area contributed by atoms with E-state index in [2.05, 4.69) is 48.6 Å².